The summed E-state index contributed by atoms with van der Waals surface area (Å²) in [5, 5.41) is 18.1. The smallest absolute Gasteiger partial charge is 0.252 e. The van der Waals surface area contributed by atoms with Crippen LogP contribution in [0.2, 0.25) is 0 Å². The van der Waals surface area contributed by atoms with E-state index in [0.29, 0.717) is 13.0 Å². The Hall–Kier alpha value is -3.35. The maximum absolute atomic E-state index is 13.2. The van der Waals surface area contributed by atoms with Crippen molar-refractivity contribution in [3.8, 4) is 0 Å². The standard InChI is InChI=1S/C27H23N3O3/c1-26(13-31)11-19-29-17-9-5-3-7-14(17)20-16-12-28-25(32)22(16)21-15-8-4-6-10-18(15)30(24(21)23(20)29)27(26,2)33-19/h3-10,19,31H,11-13H2,1-2H3,(H,28,32)/t19-,26-,27+/m1/s1. The monoisotopic (exact) mass is 437 g/mol. The molecule has 33 heavy (non-hydrogen) atoms. The highest BCUT2D eigenvalue weighted by Crippen LogP contribution is 2.60. The van der Waals surface area contributed by atoms with Gasteiger partial charge in [-0.05, 0) is 24.6 Å². The van der Waals surface area contributed by atoms with Crippen LogP contribution >= 0.6 is 0 Å². The van der Waals surface area contributed by atoms with Gasteiger partial charge in [0, 0.05) is 39.9 Å². The van der Waals surface area contributed by atoms with Crippen molar-refractivity contribution in [3.05, 3.63) is 59.7 Å². The minimum atomic E-state index is -0.774. The quantitative estimate of drug-likeness (QED) is 0.398. The number of nitrogens with zero attached hydrogens (tertiary/aromatic N) is 2. The first kappa shape index (κ1) is 18.1. The number of benzene rings is 3. The average Bonchev–Trinajstić information content (AvgIpc) is 3.51. The molecule has 0 saturated carbocycles. The first-order chi connectivity index (χ1) is 16.0. The van der Waals surface area contributed by atoms with E-state index in [9.17, 15) is 9.90 Å². The summed E-state index contributed by atoms with van der Waals surface area (Å²) in [6.07, 6.45) is 0.495. The number of carbonyl (C=O) groups excluding carboxylic acids is 1. The van der Waals surface area contributed by atoms with E-state index >= 15 is 0 Å². The van der Waals surface area contributed by atoms with E-state index in [2.05, 4.69) is 64.7 Å². The van der Waals surface area contributed by atoms with Crippen LogP contribution in [-0.4, -0.2) is 26.8 Å². The van der Waals surface area contributed by atoms with Crippen molar-refractivity contribution in [2.45, 2.75) is 38.8 Å². The first-order valence-corrected chi connectivity index (χ1v) is 11.6. The molecule has 3 aliphatic rings. The Bertz CT molecular complexity index is 1730. The third-order valence-electron chi connectivity index (χ3n) is 8.69. The molecule has 3 atom stereocenters. The summed E-state index contributed by atoms with van der Waals surface area (Å²) in [5.74, 6) is -0.0166. The Morgan fingerprint density at radius 1 is 1.03 bits per heavy atom. The fourth-order valence-corrected chi connectivity index (χ4v) is 6.92. The van der Waals surface area contributed by atoms with E-state index < -0.39 is 11.1 Å². The summed E-state index contributed by atoms with van der Waals surface area (Å²) < 4.78 is 11.5. The Balaban J connectivity index is 1.78. The molecule has 2 N–H and O–H groups in total. The van der Waals surface area contributed by atoms with Gasteiger partial charge < -0.3 is 24.3 Å². The van der Waals surface area contributed by atoms with Crippen LogP contribution < -0.4 is 5.32 Å². The summed E-state index contributed by atoms with van der Waals surface area (Å²) in [6.45, 7) is 4.76. The fourth-order valence-electron chi connectivity index (χ4n) is 6.92. The maximum Gasteiger partial charge on any atom is 0.252 e. The van der Waals surface area contributed by atoms with E-state index in [1.807, 2.05) is 12.1 Å². The molecule has 0 aliphatic carbocycles. The molecule has 2 bridgehead atoms. The number of ether oxygens (including phenoxy) is 1. The predicted molar refractivity (Wildman–Crippen MR) is 127 cm³/mol. The van der Waals surface area contributed by atoms with Gasteiger partial charge in [0.25, 0.3) is 5.91 Å². The van der Waals surface area contributed by atoms with Crippen LogP contribution in [0.25, 0.3) is 43.6 Å². The van der Waals surface area contributed by atoms with Crippen LogP contribution in [0, 0.1) is 5.41 Å². The fraction of sp³-hybridized carbons (Fsp3) is 0.296. The molecule has 3 aliphatic heterocycles. The van der Waals surface area contributed by atoms with Gasteiger partial charge in [-0.1, -0.05) is 43.3 Å². The Labute approximate surface area is 189 Å². The number of aliphatic hydroxyl groups is 1. The molecular formula is C27H23N3O3. The van der Waals surface area contributed by atoms with Gasteiger partial charge in [-0.25, -0.2) is 0 Å². The van der Waals surface area contributed by atoms with E-state index in [4.69, 9.17) is 4.74 Å². The molecule has 3 aromatic carbocycles. The molecule has 0 unspecified atom stereocenters. The number of rotatable bonds is 1. The maximum atomic E-state index is 13.2. The molecule has 8 rings (SSSR count). The van der Waals surface area contributed by atoms with Gasteiger partial charge in [0.15, 0.2) is 5.72 Å². The van der Waals surface area contributed by atoms with Crippen LogP contribution in [0.15, 0.2) is 48.5 Å². The van der Waals surface area contributed by atoms with Crippen molar-refractivity contribution >= 4 is 49.5 Å². The summed E-state index contributed by atoms with van der Waals surface area (Å²) in [6, 6.07) is 16.7. The number of aromatic nitrogens is 2. The number of hydrogen-bond donors (Lipinski definition) is 2. The lowest BCUT2D eigenvalue weighted by atomic mass is 9.78. The molecule has 2 aromatic heterocycles. The zero-order valence-electron chi connectivity index (χ0n) is 18.5. The average molecular weight is 437 g/mol. The summed E-state index contributed by atoms with van der Waals surface area (Å²) in [7, 11) is 0. The molecule has 1 fully saturated rings. The number of nitrogens with one attached hydrogen (secondary N) is 1. The van der Waals surface area contributed by atoms with Gasteiger partial charge in [0.2, 0.25) is 0 Å². The van der Waals surface area contributed by atoms with Crippen LogP contribution in [0.3, 0.4) is 0 Å². The number of para-hydroxylation sites is 2. The molecule has 6 heteroatoms. The third kappa shape index (κ3) is 1.76. The summed E-state index contributed by atoms with van der Waals surface area (Å²) >= 11 is 0. The minimum Gasteiger partial charge on any atom is -0.396 e. The van der Waals surface area contributed by atoms with Gasteiger partial charge in [-0.15, -0.1) is 0 Å². The zero-order valence-corrected chi connectivity index (χ0v) is 18.5. The largest absolute Gasteiger partial charge is 0.396 e. The second-order valence-corrected chi connectivity index (χ2v) is 10.2. The molecule has 5 heterocycles. The van der Waals surface area contributed by atoms with E-state index in [0.717, 1.165) is 54.7 Å². The molecule has 0 spiro atoms. The van der Waals surface area contributed by atoms with Crippen molar-refractivity contribution in [1.82, 2.24) is 14.5 Å². The van der Waals surface area contributed by atoms with Crippen molar-refractivity contribution in [2.24, 2.45) is 5.41 Å². The zero-order chi connectivity index (χ0) is 22.3. The Morgan fingerprint density at radius 3 is 2.48 bits per heavy atom. The number of carbonyl (C=O) groups is 1. The predicted octanol–water partition coefficient (Wildman–Crippen LogP) is 4.75. The van der Waals surface area contributed by atoms with Gasteiger partial charge in [0.05, 0.1) is 34.2 Å². The minimum absolute atomic E-state index is 0.0110. The van der Waals surface area contributed by atoms with Gasteiger partial charge >= 0.3 is 0 Å². The molecule has 6 nitrogen and oxygen atoms in total. The lowest BCUT2D eigenvalue weighted by Gasteiger charge is -2.40. The SMILES string of the molecule is C[C@]1(CO)C[C@H]2O[C@]1(C)n1c3ccccc3c3c4c(c5c6ccccc6n2c5c31)CNC4=O. The van der Waals surface area contributed by atoms with E-state index in [1.165, 1.54) is 0 Å². The normalized spacial score (nSPS) is 27.8. The van der Waals surface area contributed by atoms with E-state index in [-0.39, 0.29) is 18.7 Å². The molecule has 1 saturated heterocycles. The summed E-state index contributed by atoms with van der Waals surface area (Å²) in [4.78, 5) is 13.2. The second kappa shape index (κ2) is 5.41. The Morgan fingerprint density at radius 2 is 1.73 bits per heavy atom. The van der Waals surface area contributed by atoms with Crippen molar-refractivity contribution in [3.63, 3.8) is 0 Å². The lowest BCUT2D eigenvalue weighted by molar-refractivity contribution is -0.149. The third-order valence-corrected chi connectivity index (χ3v) is 8.69. The molecule has 5 aromatic rings. The van der Waals surface area contributed by atoms with Gasteiger partial charge in [-0.3, -0.25) is 4.79 Å². The highest BCUT2D eigenvalue weighted by molar-refractivity contribution is 6.31. The first-order valence-electron chi connectivity index (χ1n) is 11.6. The Kier molecular flexibility index (Phi) is 2.97. The van der Waals surface area contributed by atoms with Crippen molar-refractivity contribution in [2.75, 3.05) is 6.61 Å². The highest BCUT2D eigenvalue weighted by Gasteiger charge is 2.58. The second-order valence-electron chi connectivity index (χ2n) is 10.2. The number of hydrogen-bond acceptors (Lipinski definition) is 3. The molecule has 0 radical (unpaired) electrons. The number of aliphatic hydroxyl groups excluding tert-OH is 1. The lowest BCUT2D eigenvalue weighted by Crippen LogP contribution is -2.45. The number of fused-ring (bicyclic) bond motifs is 13. The van der Waals surface area contributed by atoms with Crippen molar-refractivity contribution in [1.29, 1.82) is 0 Å². The van der Waals surface area contributed by atoms with Crippen LogP contribution in [0.4, 0.5) is 0 Å². The van der Waals surface area contributed by atoms with Gasteiger partial charge in [0.1, 0.15) is 6.23 Å². The van der Waals surface area contributed by atoms with E-state index in [1.54, 1.807) is 0 Å². The molecular weight excluding hydrogens is 414 g/mol. The summed E-state index contributed by atoms with van der Waals surface area (Å²) in [5.41, 5.74) is 4.88. The van der Waals surface area contributed by atoms with Crippen LogP contribution in [-0.2, 0) is 17.0 Å². The topological polar surface area (TPSA) is 68.4 Å². The van der Waals surface area contributed by atoms with Gasteiger partial charge in [-0.2, -0.15) is 0 Å². The highest BCUT2D eigenvalue weighted by atomic mass is 16.5. The molecule has 164 valence electrons. The van der Waals surface area contributed by atoms with Crippen LogP contribution in [0.5, 0.6) is 0 Å². The molecule has 1 amide bonds. The number of amides is 1. The van der Waals surface area contributed by atoms with Crippen LogP contribution in [0.1, 0.15) is 42.4 Å². The van der Waals surface area contributed by atoms with Crippen molar-refractivity contribution < 1.29 is 14.6 Å².